The third-order valence-corrected chi connectivity index (χ3v) is 19.4. The van der Waals surface area contributed by atoms with Gasteiger partial charge in [-0.25, -0.2) is 4.79 Å². The molecule has 22 atom stereocenters. The Hall–Kier alpha value is -1.92. The first-order valence-corrected chi connectivity index (χ1v) is 24.3. The SMILES string of the molecule is CC1(C)CC[C@]2(C(=O)O[C@@H]3O[C@H](CO)[C@@H](O)[C@H](O)[C@H]3O)CC[C@]3(C)C(=CC[C@@H]4[C@@]5(C)CC[C@H](O[C@@H]6O[C@H](C(=O)O)[C@@H](O)[C@H](O[C@@H]7OC[C@@H](O)[C@@H](O)[C@]7(O)CO)[C@H]6O)C(C)(C)[C@@H]5CC[C@]43C)[C@@H]2C1. The number of esters is 1. The van der Waals surface area contributed by atoms with Crippen LogP contribution in [0.4, 0.5) is 0 Å². The molecule has 0 unspecified atom stereocenters. The first-order chi connectivity index (χ1) is 31.2. The zero-order valence-corrected chi connectivity index (χ0v) is 39.8. The van der Waals surface area contributed by atoms with Gasteiger partial charge in [0, 0.05) is 0 Å². The molecular formula is C48H76O19. The summed E-state index contributed by atoms with van der Waals surface area (Å²) in [6.45, 7) is 13.5. The first kappa shape index (κ1) is 51.4. The molecule has 0 bridgehead atoms. The Bertz CT molecular complexity index is 1890. The van der Waals surface area contributed by atoms with Gasteiger partial charge in [0.15, 0.2) is 24.3 Å². The summed E-state index contributed by atoms with van der Waals surface area (Å²) in [6, 6.07) is 0. The monoisotopic (exact) mass is 956 g/mol. The number of carboxylic acids is 1. The molecule has 0 aromatic heterocycles. The summed E-state index contributed by atoms with van der Waals surface area (Å²) in [5.41, 5.74) is -3.58. The minimum atomic E-state index is -2.58. The summed E-state index contributed by atoms with van der Waals surface area (Å²) in [5.74, 6) is -1.94. The second-order valence-corrected chi connectivity index (χ2v) is 23.6. The Morgan fingerprint density at radius 2 is 1.45 bits per heavy atom. The molecule has 3 heterocycles. The number of carboxylic acid groups (broad SMARTS) is 1. The molecule has 0 aromatic rings. The van der Waals surface area contributed by atoms with Crippen LogP contribution in [0.3, 0.4) is 0 Å². The Labute approximate surface area is 391 Å². The molecule has 19 nitrogen and oxygen atoms in total. The molecule has 3 saturated heterocycles. The maximum atomic E-state index is 14.7. The van der Waals surface area contributed by atoms with Gasteiger partial charge in [0.2, 0.25) is 6.29 Å². The van der Waals surface area contributed by atoms with Crippen LogP contribution in [0.25, 0.3) is 0 Å². The highest BCUT2D eigenvalue weighted by atomic mass is 16.7. The van der Waals surface area contributed by atoms with E-state index in [9.17, 15) is 65.8 Å². The van der Waals surface area contributed by atoms with Crippen LogP contribution >= 0.6 is 0 Å². The number of rotatable bonds is 9. The van der Waals surface area contributed by atoms with E-state index in [0.717, 1.165) is 38.5 Å². The van der Waals surface area contributed by atoms with Crippen molar-refractivity contribution >= 4 is 11.9 Å². The Morgan fingerprint density at radius 3 is 2.10 bits per heavy atom. The molecule has 8 rings (SSSR count). The third kappa shape index (κ3) is 7.88. The van der Waals surface area contributed by atoms with Gasteiger partial charge in [0.1, 0.15) is 54.9 Å². The number of aliphatic hydroxyl groups is 10. The highest BCUT2D eigenvalue weighted by Crippen LogP contribution is 2.76. The lowest BCUT2D eigenvalue weighted by Gasteiger charge is -2.71. The molecule has 0 radical (unpaired) electrons. The Morgan fingerprint density at radius 1 is 0.761 bits per heavy atom. The number of hydrogen-bond acceptors (Lipinski definition) is 18. The number of aliphatic hydroxyl groups excluding tert-OH is 9. The van der Waals surface area contributed by atoms with Crippen LogP contribution < -0.4 is 0 Å². The molecule has 3 aliphatic heterocycles. The molecule has 7 fully saturated rings. The quantitative estimate of drug-likeness (QED) is 0.0838. The van der Waals surface area contributed by atoms with Crippen LogP contribution in [0.1, 0.15) is 113 Å². The number of allylic oxidation sites excluding steroid dienone is 2. The van der Waals surface area contributed by atoms with E-state index in [1.54, 1.807) is 0 Å². The molecule has 11 N–H and O–H groups in total. The predicted octanol–water partition coefficient (Wildman–Crippen LogP) is 0.234. The zero-order chi connectivity index (χ0) is 49.2. The number of hydrogen-bond donors (Lipinski definition) is 11. The van der Waals surface area contributed by atoms with Gasteiger partial charge in [0.05, 0.1) is 31.3 Å². The molecule has 4 saturated carbocycles. The third-order valence-electron chi connectivity index (χ3n) is 19.4. The number of fused-ring (bicyclic) bond motifs is 7. The molecule has 382 valence electrons. The predicted molar refractivity (Wildman–Crippen MR) is 231 cm³/mol. The van der Waals surface area contributed by atoms with Gasteiger partial charge in [0.25, 0.3) is 0 Å². The van der Waals surface area contributed by atoms with E-state index in [2.05, 4.69) is 54.5 Å². The van der Waals surface area contributed by atoms with Crippen molar-refractivity contribution in [1.29, 1.82) is 0 Å². The van der Waals surface area contributed by atoms with Crippen molar-refractivity contribution in [3.63, 3.8) is 0 Å². The summed E-state index contributed by atoms with van der Waals surface area (Å²) in [6.07, 6.45) is -13.5. The average Bonchev–Trinajstić information content (AvgIpc) is 3.26. The fraction of sp³-hybridized carbons (Fsp3) is 0.917. The van der Waals surface area contributed by atoms with Crippen molar-refractivity contribution in [2.45, 2.75) is 204 Å². The number of carbonyl (C=O) groups is 2. The van der Waals surface area contributed by atoms with E-state index >= 15 is 0 Å². The maximum Gasteiger partial charge on any atom is 0.335 e. The zero-order valence-electron chi connectivity index (χ0n) is 39.8. The normalized spacial score (nSPS) is 52.6. The second-order valence-electron chi connectivity index (χ2n) is 23.6. The van der Waals surface area contributed by atoms with Crippen molar-refractivity contribution in [3.8, 4) is 0 Å². The van der Waals surface area contributed by atoms with E-state index in [4.69, 9.17) is 28.4 Å². The highest BCUT2D eigenvalue weighted by Gasteiger charge is 2.70. The number of aliphatic carboxylic acids is 1. The van der Waals surface area contributed by atoms with Gasteiger partial charge in [-0.1, -0.05) is 60.1 Å². The summed E-state index contributed by atoms with van der Waals surface area (Å²) < 4.78 is 35.1. The van der Waals surface area contributed by atoms with Gasteiger partial charge >= 0.3 is 11.9 Å². The van der Waals surface area contributed by atoms with Crippen LogP contribution in [0, 0.1) is 50.2 Å². The van der Waals surface area contributed by atoms with Crippen LogP contribution in [-0.4, -0.2) is 180 Å². The van der Waals surface area contributed by atoms with Gasteiger partial charge in [-0.3, -0.25) is 4.79 Å². The van der Waals surface area contributed by atoms with E-state index in [-0.39, 0.29) is 39.4 Å². The highest BCUT2D eigenvalue weighted by molar-refractivity contribution is 5.79. The molecular weight excluding hydrogens is 881 g/mol. The van der Waals surface area contributed by atoms with Crippen LogP contribution in [0.5, 0.6) is 0 Å². The largest absolute Gasteiger partial charge is 0.479 e. The van der Waals surface area contributed by atoms with E-state index < -0.39 is 134 Å². The van der Waals surface area contributed by atoms with Crippen molar-refractivity contribution in [1.82, 2.24) is 0 Å². The average molecular weight is 957 g/mol. The van der Waals surface area contributed by atoms with Crippen molar-refractivity contribution in [3.05, 3.63) is 11.6 Å². The van der Waals surface area contributed by atoms with Gasteiger partial charge in [-0.15, -0.1) is 0 Å². The lowest BCUT2D eigenvalue weighted by atomic mass is 9.33. The smallest absolute Gasteiger partial charge is 0.335 e. The minimum absolute atomic E-state index is 0.0800. The van der Waals surface area contributed by atoms with Crippen molar-refractivity contribution in [2.75, 3.05) is 19.8 Å². The van der Waals surface area contributed by atoms with Crippen LogP contribution in [-0.2, 0) is 38.0 Å². The van der Waals surface area contributed by atoms with Crippen molar-refractivity contribution < 1.29 is 94.2 Å². The van der Waals surface area contributed by atoms with Gasteiger partial charge in [-0.2, -0.15) is 0 Å². The van der Waals surface area contributed by atoms with Gasteiger partial charge < -0.3 is 84.6 Å². The second kappa shape index (κ2) is 17.7. The summed E-state index contributed by atoms with van der Waals surface area (Å²) in [5, 5.41) is 116. The Kier molecular flexibility index (Phi) is 13.6. The topological polar surface area (TPSA) is 312 Å². The van der Waals surface area contributed by atoms with Gasteiger partial charge in [-0.05, 0) is 109 Å². The minimum Gasteiger partial charge on any atom is -0.479 e. The fourth-order valence-corrected chi connectivity index (χ4v) is 15.1. The molecule has 0 aromatic carbocycles. The lowest BCUT2D eigenvalue weighted by molar-refractivity contribution is -0.375. The van der Waals surface area contributed by atoms with Crippen LogP contribution in [0.2, 0.25) is 0 Å². The number of ether oxygens (including phenoxy) is 6. The Balaban J connectivity index is 1.03. The lowest BCUT2D eigenvalue weighted by Crippen LogP contribution is -2.69. The standard InChI is InChI=1S/C48H76O19/c1-42(2)14-16-47(40(60)67-38-31(54)30(53)29(52)25(19-49)63-38)17-15-45(6)22(23(47)18-42)8-9-27-44(5)12-11-28(43(3,4)26(44)10-13-46(27,45)7)64-39-33(56)34(32(55)35(65-39)37(58)59)66-41-48(61,21-50)36(57)24(51)20-62-41/h8,23-36,38-39,41,49-57,61H,9-21H2,1-7H3,(H,58,59)/t23-,24+,25+,26-,27+,28-,29+,30-,31+,32-,33+,34-,35-,36+,38-,39+,41-,44-,45+,46+,47-,48+/m0/s1. The van der Waals surface area contributed by atoms with E-state index in [1.807, 2.05) is 0 Å². The first-order valence-electron chi connectivity index (χ1n) is 24.3. The molecule has 67 heavy (non-hydrogen) atoms. The molecule has 8 aliphatic rings. The van der Waals surface area contributed by atoms with E-state index in [1.165, 1.54) is 5.57 Å². The van der Waals surface area contributed by atoms with E-state index in [0.29, 0.717) is 25.7 Å². The summed E-state index contributed by atoms with van der Waals surface area (Å²) in [7, 11) is 0. The maximum absolute atomic E-state index is 14.7. The molecule has 5 aliphatic carbocycles. The molecule has 19 heteroatoms. The van der Waals surface area contributed by atoms with Crippen molar-refractivity contribution in [2.24, 2.45) is 50.2 Å². The fourth-order valence-electron chi connectivity index (χ4n) is 15.1. The summed E-state index contributed by atoms with van der Waals surface area (Å²) in [4.78, 5) is 27.1. The molecule has 0 amide bonds. The summed E-state index contributed by atoms with van der Waals surface area (Å²) >= 11 is 0. The molecule has 0 spiro atoms. The van der Waals surface area contributed by atoms with Crippen LogP contribution in [0.15, 0.2) is 11.6 Å². The number of carbonyl (C=O) groups excluding carboxylic acids is 1.